The van der Waals surface area contributed by atoms with E-state index in [0.717, 1.165) is 11.1 Å². The Bertz CT molecular complexity index is 1340. The Morgan fingerprint density at radius 1 is 0.970 bits per heavy atom. The van der Waals surface area contributed by atoms with E-state index in [9.17, 15) is 13.2 Å². The fourth-order valence-corrected chi connectivity index (χ4v) is 4.48. The normalized spacial score (nSPS) is 13.0. The number of aryl methyl sites for hydroxylation is 2. The lowest BCUT2D eigenvalue weighted by Gasteiger charge is -2.18. The maximum atomic E-state index is 12.8. The number of hydrogen-bond acceptors (Lipinski definition) is 6. The Balaban J connectivity index is 1.45. The fraction of sp³-hybridized carbons (Fsp3) is 0.167. The number of sulfonamides is 1. The number of nitrogens with one attached hydrogen (secondary N) is 2. The van der Waals surface area contributed by atoms with Gasteiger partial charge in [-0.2, -0.15) is 5.10 Å². The van der Waals surface area contributed by atoms with Crippen LogP contribution < -0.4 is 19.6 Å². The molecule has 0 saturated heterocycles. The van der Waals surface area contributed by atoms with Crippen LogP contribution >= 0.6 is 0 Å². The summed E-state index contributed by atoms with van der Waals surface area (Å²) in [6.45, 7) is 4.74. The summed E-state index contributed by atoms with van der Waals surface area (Å²) in [5, 5.41) is 3.96. The van der Waals surface area contributed by atoms with Crippen LogP contribution in [0.5, 0.6) is 11.5 Å². The molecule has 2 N–H and O–H groups in total. The minimum absolute atomic E-state index is 0.0223. The van der Waals surface area contributed by atoms with Crippen molar-refractivity contribution in [2.24, 2.45) is 5.10 Å². The molecule has 0 aliphatic carbocycles. The number of hydrogen-bond donors (Lipinski definition) is 2. The number of amides is 1. The molecule has 0 fully saturated rings. The van der Waals surface area contributed by atoms with Crippen molar-refractivity contribution in [1.82, 2.24) is 5.43 Å². The van der Waals surface area contributed by atoms with Gasteiger partial charge in [0.1, 0.15) is 13.2 Å². The summed E-state index contributed by atoms with van der Waals surface area (Å²) in [5.41, 5.74) is 5.62. The summed E-state index contributed by atoms with van der Waals surface area (Å²) in [6, 6.07) is 16.5. The molecule has 0 bridgehead atoms. The molecule has 0 atom stereocenters. The first-order chi connectivity index (χ1) is 15.8. The molecular formula is C24H23N3O5S. The summed E-state index contributed by atoms with van der Waals surface area (Å²) in [5.74, 6) is 0.744. The minimum Gasteiger partial charge on any atom is -0.486 e. The molecule has 0 unspecified atom stereocenters. The first-order valence-corrected chi connectivity index (χ1v) is 11.7. The quantitative estimate of drug-likeness (QED) is 0.427. The van der Waals surface area contributed by atoms with Gasteiger partial charge in [0.25, 0.3) is 15.9 Å². The van der Waals surface area contributed by atoms with Crippen LogP contribution in [0.15, 0.2) is 70.7 Å². The number of rotatable bonds is 6. The van der Waals surface area contributed by atoms with Crippen molar-refractivity contribution in [2.75, 3.05) is 17.9 Å². The van der Waals surface area contributed by atoms with Gasteiger partial charge in [0.05, 0.1) is 16.8 Å². The number of anilines is 1. The summed E-state index contributed by atoms with van der Waals surface area (Å²) in [6.07, 6.45) is 1.47. The van der Waals surface area contributed by atoms with Crippen LogP contribution in [0.1, 0.15) is 27.0 Å². The second-order valence-electron chi connectivity index (χ2n) is 7.55. The number of hydrazone groups is 1. The lowest BCUT2D eigenvalue weighted by atomic mass is 10.1. The SMILES string of the molecule is Cc1ccc(NS(=O)(=O)c2cccc(C(=O)N/N=C\c3ccc4c(c3)OCCO4)c2)c(C)c1. The van der Waals surface area contributed by atoms with Crippen molar-refractivity contribution >= 4 is 27.8 Å². The van der Waals surface area contributed by atoms with Crippen molar-refractivity contribution in [3.05, 3.63) is 82.9 Å². The van der Waals surface area contributed by atoms with Gasteiger partial charge in [0.2, 0.25) is 0 Å². The van der Waals surface area contributed by atoms with Crippen LogP contribution in [0, 0.1) is 13.8 Å². The van der Waals surface area contributed by atoms with E-state index in [1.807, 2.05) is 26.0 Å². The topological polar surface area (TPSA) is 106 Å². The Kier molecular flexibility index (Phi) is 6.32. The molecule has 4 rings (SSSR count). The second-order valence-corrected chi connectivity index (χ2v) is 9.24. The lowest BCUT2D eigenvalue weighted by molar-refractivity contribution is 0.0955. The molecule has 0 spiro atoms. The molecule has 0 radical (unpaired) electrons. The smallest absolute Gasteiger partial charge is 0.271 e. The predicted molar refractivity (Wildman–Crippen MR) is 126 cm³/mol. The Hall–Kier alpha value is -3.85. The third kappa shape index (κ3) is 5.32. The Morgan fingerprint density at radius 2 is 1.76 bits per heavy atom. The first kappa shape index (κ1) is 22.3. The maximum absolute atomic E-state index is 12.8. The van der Waals surface area contributed by atoms with Crippen molar-refractivity contribution in [2.45, 2.75) is 18.7 Å². The van der Waals surface area contributed by atoms with Gasteiger partial charge in [-0.15, -0.1) is 0 Å². The maximum Gasteiger partial charge on any atom is 0.271 e. The van der Waals surface area contributed by atoms with Crippen LogP contribution in [0.4, 0.5) is 5.69 Å². The summed E-state index contributed by atoms with van der Waals surface area (Å²) >= 11 is 0. The van der Waals surface area contributed by atoms with E-state index in [2.05, 4.69) is 15.2 Å². The highest BCUT2D eigenvalue weighted by Crippen LogP contribution is 2.30. The Morgan fingerprint density at radius 3 is 2.55 bits per heavy atom. The second kappa shape index (κ2) is 9.33. The standard InChI is InChI=1S/C24H23N3O5S/c1-16-6-8-21(17(2)12-16)27-33(29,30)20-5-3-4-19(14-20)24(28)26-25-15-18-7-9-22-23(13-18)32-11-10-31-22/h3-9,12-15,27H,10-11H2,1-2H3,(H,26,28)/b25-15-. The third-order valence-electron chi connectivity index (χ3n) is 4.98. The largest absolute Gasteiger partial charge is 0.486 e. The molecule has 1 aliphatic heterocycles. The highest BCUT2D eigenvalue weighted by atomic mass is 32.2. The van der Waals surface area contributed by atoms with Gasteiger partial charge in [-0.1, -0.05) is 23.8 Å². The lowest BCUT2D eigenvalue weighted by Crippen LogP contribution is -2.19. The van der Waals surface area contributed by atoms with E-state index in [0.29, 0.717) is 36.0 Å². The highest BCUT2D eigenvalue weighted by molar-refractivity contribution is 7.92. The van der Waals surface area contributed by atoms with Crippen LogP contribution in [0.3, 0.4) is 0 Å². The van der Waals surface area contributed by atoms with Gasteiger partial charge < -0.3 is 9.47 Å². The molecule has 8 nitrogen and oxygen atoms in total. The van der Waals surface area contributed by atoms with Crippen LogP contribution in [0.2, 0.25) is 0 Å². The number of nitrogens with zero attached hydrogens (tertiary/aromatic N) is 1. The summed E-state index contributed by atoms with van der Waals surface area (Å²) in [7, 11) is -3.87. The summed E-state index contributed by atoms with van der Waals surface area (Å²) in [4.78, 5) is 12.5. The monoisotopic (exact) mass is 465 g/mol. The molecule has 33 heavy (non-hydrogen) atoms. The van der Waals surface area contributed by atoms with Crippen LogP contribution in [-0.2, 0) is 10.0 Å². The molecule has 9 heteroatoms. The van der Waals surface area contributed by atoms with E-state index in [-0.39, 0.29) is 10.5 Å². The first-order valence-electron chi connectivity index (χ1n) is 10.2. The molecule has 170 valence electrons. The number of carbonyl (C=O) groups excluding carboxylic acids is 1. The van der Waals surface area contributed by atoms with E-state index < -0.39 is 15.9 Å². The van der Waals surface area contributed by atoms with Gasteiger partial charge in [0, 0.05) is 5.56 Å². The van der Waals surface area contributed by atoms with Gasteiger partial charge in [-0.05, 0) is 67.4 Å². The van der Waals surface area contributed by atoms with Gasteiger partial charge in [0.15, 0.2) is 11.5 Å². The molecule has 0 saturated carbocycles. The van der Waals surface area contributed by atoms with Crippen molar-refractivity contribution in [1.29, 1.82) is 0 Å². The van der Waals surface area contributed by atoms with Crippen LogP contribution in [0.25, 0.3) is 0 Å². The zero-order valence-corrected chi connectivity index (χ0v) is 19.0. The van der Waals surface area contributed by atoms with E-state index in [4.69, 9.17) is 9.47 Å². The summed E-state index contributed by atoms with van der Waals surface area (Å²) < 4.78 is 39.2. The molecular weight excluding hydrogens is 442 g/mol. The van der Waals surface area contributed by atoms with E-state index in [1.54, 1.807) is 24.3 Å². The number of benzene rings is 3. The molecule has 0 aromatic heterocycles. The predicted octanol–water partition coefficient (Wildman–Crippen LogP) is 3.64. The highest BCUT2D eigenvalue weighted by Gasteiger charge is 2.17. The van der Waals surface area contributed by atoms with E-state index in [1.165, 1.54) is 30.5 Å². The van der Waals surface area contributed by atoms with Gasteiger partial charge in [-0.25, -0.2) is 13.8 Å². The average Bonchev–Trinajstić information content (AvgIpc) is 2.81. The zero-order chi connectivity index (χ0) is 23.4. The molecule has 3 aromatic rings. The molecule has 1 aliphatic rings. The van der Waals surface area contributed by atoms with E-state index >= 15 is 0 Å². The van der Waals surface area contributed by atoms with Crippen molar-refractivity contribution in [3.8, 4) is 11.5 Å². The molecule has 1 amide bonds. The third-order valence-corrected chi connectivity index (χ3v) is 6.34. The van der Waals surface area contributed by atoms with Crippen LogP contribution in [-0.4, -0.2) is 33.8 Å². The number of fused-ring (bicyclic) bond motifs is 1. The van der Waals surface area contributed by atoms with Gasteiger partial charge in [-0.3, -0.25) is 9.52 Å². The Labute approximate surface area is 192 Å². The van der Waals surface area contributed by atoms with Crippen molar-refractivity contribution in [3.63, 3.8) is 0 Å². The van der Waals surface area contributed by atoms with Crippen molar-refractivity contribution < 1.29 is 22.7 Å². The minimum atomic E-state index is -3.87. The van der Waals surface area contributed by atoms with Gasteiger partial charge >= 0.3 is 0 Å². The molecule has 3 aromatic carbocycles. The number of carbonyl (C=O) groups is 1. The number of ether oxygens (including phenoxy) is 2. The zero-order valence-electron chi connectivity index (χ0n) is 18.2. The average molecular weight is 466 g/mol. The molecule has 1 heterocycles. The fourth-order valence-electron chi connectivity index (χ4n) is 3.31.